The molecule has 2 heterocycles. The summed E-state index contributed by atoms with van der Waals surface area (Å²) in [6, 6.07) is 2.14. The number of hydrogen-bond acceptors (Lipinski definition) is 4. The summed E-state index contributed by atoms with van der Waals surface area (Å²) in [7, 11) is 3.53. The lowest BCUT2D eigenvalue weighted by atomic mass is 10.0. The Labute approximate surface area is 135 Å². The van der Waals surface area contributed by atoms with E-state index in [1.54, 1.807) is 30.3 Å². The lowest BCUT2D eigenvalue weighted by Gasteiger charge is -2.29. The Morgan fingerprint density at radius 3 is 2.77 bits per heavy atom. The molecule has 2 atom stereocenters. The van der Waals surface area contributed by atoms with Crippen molar-refractivity contribution in [1.82, 2.24) is 9.80 Å². The van der Waals surface area contributed by atoms with Gasteiger partial charge in [0.15, 0.2) is 0 Å². The van der Waals surface area contributed by atoms with E-state index in [-0.39, 0.29) is 23.8 Å². The van der Waals surface area contributed by atoms with E-state index in [0.717, 1.165) is 42.7 Å². The highest BCUT2D eigenvalue weighted by atomic mass is 32.1. The Morgan fingerprint density at radius 1 is 1.36 bits per heavy atom. The van der Waals surface area contributed by atoms with E-state index in [9.17, 15) is 9.59 Å². The van der Waals surface area contributed by atoms with Crippen LogP contribution in [0.2, 0.25) is 0 Å². The first kappa shape index (κ1) is 15.5. The fraction of sp³-hybridized carbons (Fsp3) is 0.625. The SMILES string of the molecule is CN(C)C(=O)c1cc2c(s1)CCN(C(=O)[C@H]1CC[C@@H](N)C1)C2. The molecular formula is C16H23N3O2S. The number of amides is 2. The number of nitrogens with two attached hydrogens (primary N) is 1. The average molecular weight is 321 g/mol. The molecule has 2 amide bonds. The van der Waals surface area contributed by atoms with Gasteiger partial charge < -0.3 is 15.5 Å². The minimum absolute atomic E-state index is 0.0408. The molecule has 0 bridgehead atoms. The molecule has 22 heavy (non-hydrogen) atoms. The van der Waals surface area contributed by atoms with Crippen LogP contribution < -0.4 is 5.73 Å². The van der Waals surface area contributed by atoms with Crippen molar-refractivity contribution in [2.45, 2.75) is 38.3 Å². The Bertz CT molecular complexity index is 596. The van der Waals surface area contributed by atoms with Gasteiger partial charge in [0.2, 0.25) is 5.91 Å². The van der Waals surface area contributed by atoms with Crippen LogP contribution in [0.4, 0.5) is 0 Å². The lowest BCUT2D eigenvalue weighted by Crippen LogP contribution is -2.39. The Kier molecular flexibility index (Phi) is 4.23. The van der Waals surface area contributed by atoms with Gasteiger partial charge in [-0.05, 0) is 37.3 Å². The van der Waals surface area contributed by atoms with E-state index in [0.29, 0.717) is 6.54 Å². The number of rotatable bonds is 2. The van der Waals surface area contributed by atoms with Gasteiger partial charge in [0.25, 0.3) is 5.91 Å². The Balaban J connectivity index is 1.71. The lowest BCUT2D eigenvalue weighted by molar-refractivity contribution is -0.136. The maximum absolute atomic E-state index is 12.6. The molecule has 1 aromatic rings. The van der Waals surface area contributed by atoms with Gasteiger partial charge in [-0.3, -0.25) is 9.59 Å². The van der Waals surface area contributed by atoms with E-state index in [1.165, 1.54) is 4.88 Å². The molecule has 1 aliphatic carbocycles. The molecule has 6 heteroatoms. The van der Waals surface area contributed by atoms with Crippen LogP contribution in [0.25, 0.3) is 0 Å². The maximum Gasteiger partial charge on any atom is 0.263 e. The molecule has 0 saturated heterocycles. The first-order valence-electron chi connectivity index (χ1n) is 7.83. The quantitative estimate of drug-likeness (QED) is 0.897. The molecule has 2 N–H and O–H groups in total. The molecule has 0 spiro atoms. The molecule has 0 unspecified atom stereocenters. The molecular weight excluding hydrogens is 298 g/mol. The second-order valence-electron chi connectivity index (χ2n) is 6.54. The topological polar surface area (TPSA) is 66.6 Å². The van der Waals surface area contributed by atoms with Gasteiger partial charge in [-0.2, -0.15) is 0 Å². The van der Waals surface area contributed by atoms with Crippen LogP contribution in [0.1, 0.15) is 39.4 Å². The van der Waals surface area contributed by atoms with Gasteiger partial charge in [-0.1, -0.05) is 0 Å². The third-order valence-electron chi connectivity index (χ3n) is 4.62. The highest BCUT2D eigenvalue weighted by Gasteiger charge is 2.33. The van der Waals surface area contributed by atoms with Crippen LogP contribution in [-0.2, 0) is 17.8 Å². The van der Waals surface area contributed by atoms with Crippen molar-refractivity contribution in [1.29, 1.82) is 0 Å². The molecule has 2 aliphatic rings. The van der Waals surface area contributed by atoms with Gasteiger partial charge in [0.05, 0.1) is 4.88 Å². The molecule has 120 valence electrons. The van der Waals surface area contributed by atoms with Gasteiger partial charge >= 0.3 is 0 Å². The van der Waals surface area contributed by atoms with Gasteiger partial charge in [-0.15, -0.1) is 11.3 Å². The van der Waals surface area contributed by atoms with Crippen molar-refractivity contribution in [3.63, 3.8) is 0 Å². The standard InChI is InChI=1S/C16H23N3O2S/c1-18(2)16(21)14-8-11-9-19(6-5-13(11)22-14)15(20)10-3-4-12(17)7-10/h8,10,12H,3-7,9,17H2,1-2H3/t10-,12+/m0/s1. The normalized spacial score (nSPS) is 24.2. The third-order valence-corrected chi connectivity index (χ3v) is 5.84. The fourth-order valence-electron chi connectivity index (χ4n) is 3.35. The van der Waals surface area contributed by atoms with Crippen molar-refractivity contribution in [3.8, 4) is 0 Å². The summed E-state index contributed by atoms with van der Waals surface area (Å²) in [5, 5.41) is 0. The highest BCUT2D eigenvalue weighted by molar-refractivity contribution is 7.14. The summed E-state index contributed by atoms with van der Waals surface area (Å²) in [6.45, 7) is 1.39. The van der Waals surface area contributed by atoms with Crippen LogP contribution in [0.15, 0.2) is 6.07 Å². The van der Waals surface area contributed by atoms with Crippen LogP contribution in [-0.4, -0.2) is 48.3 Å². The predicted molar refractivity (Wildman–Crippen MR) is 86.8 cm³/mol. The van der Waals surface area contributed by atoms with Crippen LogP contribution in [0.3, 0.4) is 0 Å². The zero-order valence-electron chi connectivity index (χ0n) is 13.2. The molecule has 3 rings (SSSR count). The summed E-state index contributed by atoms with van der Waals surface area (Å²) >= 11 is 1.57. The number of thiophene rings is 1. The van der Waals surface area contributed by atoms with Crippen molar-refractivity contribution >= 4 is 23.2 Å². The number of nitrogens with zero attached hydrogens (tertiary/aromatic N) is 2. The second kappa shape index (κ2) is 6.01. The minimum atomic E-state index is 0.0408. The molecule has 1 aromatic heterocycles. The smallest absolute Gasteiger partial charge is 0.263 e. The fourth-order valence-corrected chi connectivity index (χ4v) is 4.53. The number of carbonyl (C=O) groups excluding carboxylic acids is 2. The minimum Gasteiger partial charge on any atom is -0.344 e. The molecule has 5 nitrogen and oxygen atoms in total. The summed E-state index contributed by atoms with van der Waals surface area (Å²) in [5.41, 5.74) is 7.06. The van der Waals surface area contributed by atoms with Crippen molar-refractivity contribution in [2.75, 3.05) is 20.6 Å². The van der Waals surface area contributed by atoms with E-state index < -0.39 is 0 Å². The first-order chi connectivity index (χ1) is 10.5. The van der Waals surface area contributed by atoms with Crippen molar-refractivity contribution in [2.24, 2.45) is 11.7 Å². The monoisotopic (exact) mass is 321 g/mol. The third kappa shape index (κ3) is 2.90. The number of hydrogen-bond donors (Lipinski definition) is 1. The van der Waals surface area contributed by atoms with Crippen molar-refractivity contribution < 1.29 is 9.59 Å². The zero-order valence-corrected chi connectivity index (χ0v) is 14.0. The molecule has 1 aliphatic heterocycles. The predicted octanol–water partition coefficient (Wildman–Crippen LogP) is 1.46. The first-order valence-corrected chi connectivity index (χ1v) is 8.65. The summed E-state index contributed by atoms with van der Waals surface area (Å²) in [5.74, 6) is 0.377. The summed E-state index contributed by atoms with van der Waals surface area (Å²) in [4.78, 5) is 30.2. The summed E-state index contributed by atoms with van der Waals surface area (Å²) < 4.78 is 0. The number of fused-ring (bicyclic) bond motifs is 1. The average Bonchev–Trinajstić information content (AvgIpc) is 3.10. The largest absolute Gasteiger partial charge is 0.344 e. The van der Waals surface area contributed by atoms with Crippen LogP contribution in [0.5, 0.6) is 0 Å². The van der Waals surface area contributed by atoms with Gasteiger partial charge in [0, 0.05) is 44.0 Å². The Hall–Kier alpha value is -1.40. The maximum atomic E-state index is 12.6. The van der Waals surface area contributed by atoms with Crippen molar-refractivity contribution in [3.05, 3.63) is 21.4 Å². The van der Waals surface area contributed by atoms with E-state index in [1.807, 2.05) is 11.0 Å². The van der Waals surface area contributed by atoms with Crippen LogP contribution >= 0.6 is 11.3 Å². The van der Waals surface area contributed by atoms with E-state index >= 15 is 0 Å². The van der Waals surface area contributed by atoms with E-state index in [4.69, 9.17) is 5.73 Å². The zero-order chi connectivity index (χ0) is 15.9. The molecule has 0 radical (unpaired) electrons. The number of carbonyl (C=O) groups is 2. The van der Waals surface area contributed by atoms with Gasteiger partial charge in [0.1, 0.15) is 0 Å². The molecule has 1 saturated carbocycles. The highest BCUT2D eigenvalue weighted by Crippen LogP contribution is 2.32. The van der Waals surface area contributed by atoms with E-state index in [2.05, 4.69) is 0 Å². The second-order valence-corrected chi connectivity index (χ2v) is 7.68. The van der Waals surface area contributed by atoms with Gasteiger partial charge in [-0.25, -0.2) is 0 Å². The summed E-state index contributed by atoms with van der Waals surface area (Å²) in [6.07, 6.45) is 3.54. The molecule has 1 fully saturated rings. The van der Waals surface area contributed by atoms with Crippen LogP contribution in [0, 0.1) is 5.92 Å². The molecule has 0 aromatic carbocycles. The Morgan fingerprint density at radius 2 is 2.14 bits per heavy atom.